The molecule has 1 rings (SSSR count). The second-order valence-corrected chi connectivity index (χ2v) is 4.30. The Kier molecular flexibility index (Phi) is 6.19. The Labute approximate surface area is 122 Å². The fourth-order valence-electron chi connectivity index (χ4n) is 1.65. The van der Waals surface area contributed by atoms with E-state index < -0.39 is 11.9 Å². The molecule has 7 heteroatoms. The highest BCUT2D eigenvalue weighted by atomic mass is 16.5. The van der Waals surface area contributed by atoms with Gasteiger partial charge in [-0.25, -0.2) is 4.79 Å². The van der Waals surface area contributed by atoms with Crippen molar-refractivity contribution in [2.24, 2.45) is 0 Å². The van der Waals surface area contributed by atoms with Gasteiger partial charge in [-0.2, -0.15) is 0 Å². The Hall–Kier alpha value is -2.57. The normalized spacial score (nSPS) is 9.81. The number of methoxy groups -OCH3 is 1. The summed E-state index contributed by atoms with van der Waals surface area (Å²) in [4.78, 5) is 33.8. The minimum Gasteiger partial charge on any atom is -0.496 e. The fourth-order valence-corrected chi connectivity index (χ4v) is 1.65. The van der Waals surface area contributed by atoms with Gasteiger partial charge < -0.3 is 20.5 Å². The summed E-state index contributed by atoms with van der Waals surface area (Å²) in [7, 11) is 1.35. The van der Waals surface area contributed by atoms with Crippen LogP contribution in [0.25, 0.3) is 0 Å². The topological polar surface area (TPSA) is 105 Å². The standard InChI is InChI=1S/C14H18N2O5/c1-3-4-12(17)15-8-13(18)16-9-5-6-10(14(19)20)11(7-9)21-2/h5-7H,3-4,8H2,1-2H3,(H,15,17)(H,16,18)(H,19,20). The zero-order valence-corrected chi connectivity index (χ0v) is 11.9. The van der Waals surface area contributed by atoms with E-state index in [1.165, 1.54) is 25.3 Å². The zero-order chi connectivity index (χ0) is 15.8. The van der Waals surface area contributed by atoms with E-state index in [4.69, 9.17) is 9.84 Å². The summed E-state index contributed by atoms with van der Waals surface area (Å²) < 4.78 is 4.96. The maximum absolute atomic E-state index is 11.7. The van der Waals surface area contributed by atoms with E-state index in [0.717, 1.165) is 0 Å². The van der Waals surface area contributed by atoms with E-state index in [9.17, 15) is 14.4 Å². The molecule has 0 saturated carbocycles. The first-order valence-electron chi connectivity index (χ1n) is 6.45. The molecule has 0 atom stereocenters. The minimum absolute atomic E-state index is 0.00625. The molecule has 0 bridgehead atoms. The number of ether oxygens (including phenoxy) is 1. The van der Waals surface area contributed by atoms with Gasteiger partial charge in [0.15, 0.2) is 0 Å². The third-order valence-electron chi connectivity index (χ3n) is 2.64. The van der Waals surface area contributed by atoms with Crippen LogP contribution >= 0.6 is 0 Å². The summed E-state index contributed by atoms with van der Waals surface area (Å²) >= 11 is 0. The van der Waals surface area contributed by atoms with Crippen LogP contribution in [0.3, 0.4) is 0 Å². The molecule has 0 aliphatic carbocycles. The Morgan fingerprint density at radius 1 is 1.24 bits per heavy atom. The molecular weight excluding hydrogens is 276 g/mol. The van der Waals surface area contributed by atoms with Crippen molar-refractivity contribution in [1.82, 2.24) is 5.32 Å². The van der Waals surface area contributed by atoms with E-state index in [1.807, 2.05) is 6.92 Å². The molecule has 1 aromatic rings. The average Bonchev–Trinajstić information content (AvgIpc) is 2.45. The number of hydrogen-bond donors (Lipinski definition) is 3. The minimum atomic E-state index is -1.11. The van der Waals surface area contributed by atoms with Crippen molar-refractivity contribution in [2.45, 2.75) is 19.8 Å². The van der Waals surface area contributed by atoms with Crippen molar-refractivity contribution in [1.29, 1.82) is 0 Å². The Balaban J connectivity index is 2.64. The molecule has 0 spiro atoms. The quantitative estimate of drug-likeness (QED) is 0.702. The number of carbonyl (C=O) groups is 3. The molecule has 0 heterocycles. The number of carboxylic acids is 1. The van der Waals surface area contributed by atoms with Crippen LogP contribution in [0.2, 0.25) is 0 Å². The Bertz CT molecular complexity index is 542. The van der Waals surface area contributed by atoms with Crippen LogP contribution in [-0.4, -0.2) is 36.5 Å². The van der Waals surface area contributed by atoms with Gasteiger partial charge in [0.25, 0.3) is 0 Å². The highest BCUT2D eigenvalue weighted by Gasteiger charge is 2.12. The molecule has 7 nitrogen and oxygen atoms in total. The van der Waals surface area contributed by atoms with Crippen molar-refractivity contribution >= 4 is 23.5 Å². The third kappa shape index (κ3) is 5.13. The van der Waals surface area contributed by atoms with E-state index in [1.54, 1.807) is 0 Å². The van der Waals surface area contributed by atoms with E-state index >= 15 is 0 Å². The first kappa shape index (κ1) is 16.5. The number of carbonyl (C=O) groups excluding carboxylic acids is 2. The van der Waals surface area contributed by atoms with Crippen LogP contribution in [0.1, 0.15) is 30.1 Å². The zero-order valence-electron chi connectivity index (χ0n) is 11.9. The Morgan fingerprint density at radius 2 is 1.95 bits per heavy atom. The van der Waals surface area contributed by atoms with Crippen LogP contribution in [0.15, 0.2) is 18.2 Å². The lowest BCUT2D eigenvalue weighted by molar-refractivity contribution is -0.124. The SMILES string of the molecule is CCCC(=O)NCC(=O)Nc1ccc(C(=O)O)c(OC)c1. The number of anilines is 1. The molecule has 2 amide bonds. The molecular formula is C14H18N2O5. The summed E-state index contributed by atoms with van der Waals surface area (Å²) in [6.45, 7) is 1.73. The van der Waals surface area contributed by atoms with Crippen LogP contribution in [0, 0.1) is 0 Å². The van der Waals surface area contributed by atoms with Gasteiger partial charge in [0, 0.05) is 18.2 Å². The number of rotatable bonds is 7. The van der Waals surface area contributed by atoms with Crippen LogP contribution in [0.5, 0.6) is 5.75 Å². The fraction of sp³-hybridized carbons (Fsp3) is 0.357. The second kappa shape index (κ2) is 7.88. The monoisotopic (exact) mass is 294 g/mol. The van der Waals surface area contributed by atoms with Crippen LogP contribution < -0.4 is 15.4 Å². The lowest BCUT2D eigenvalue weighted by Gasteiger charge is -2.10. The lowest BCUT2D eigenvalue weighted by Crippen LogP contribution is -2.32. The predicted octanol–water partition coefficient (Wildman–Crippen LogP) is 1.25. The molecule has 0 radical (unpaired) electrons. The van der Waals surface area contributed by atoms with Gasteiger partial charge in [0.05, 0.1) is 13.7 Å². The third-order valence-corrected chi connectivity index (χ3v) is 2.64. The van der Waals surface area contributed by atoms with Gasteiger partial charge in [-0.1, -0.05) is 6.92 Å². The maximum Gasteiger partial charge on any atom is 0.339 e. The molecule has 3 N–H and O–H groups in total. The van der Waals surface area contributed by atoms with Gasteiger partial charge in [-0.15, -0.1) is 0 Å². The maximum atomic E-state index is 11.7. The van der Waals surface area contributed by atoms with E-state index in [-0.39, 0.29) is 23.8 Å². The van der Waals surface area contributed by atoms with Crippen molar-refractivity contribution in [3.05, 3.63) is 23.8 Å². The molecule has 21 heavy (non-hydrogen) atoms. The van der Waals surface area contributed by atoms with Crippen molar-refractivity contribution in [3.63, 3.8) is 0 Å². The Morgan fingerprint density at radius 3 is 2.52 bits per heavy atom. The number of aromatic carboxylic acids is 1. The summed E-state index contributed by atoms with van der Waals surface area (Å²) in [5, 5.41) is 14.0. The summed E-state index contributed by atoms with van der Waals surface area (Å²) in [5.74, 6) is -1.55. The largest absolute Gasteiger partial charge is 0.496 e. The summed E-state index contributed by atoms with van der Waals surface area (Å²) in [5.41, 5.74) is 0.401. The number of nitrogens with one attached hydrogen (secondary N) is 2. The molecule has 0 fully saturated rings. The van der Waals surface area contributed by atoms with Crippen molar-refractivity contribution < 1.29 is 24.2 Å². The number of carboxylic acid groups (broad SMARTS) is 1. The van der Waals surface area contributed by atoms with Gasteiger partial charge in [-0.3, -0.25) is 9.59 Å². The van der Waals surface area contributed by atoms with Crippen molar-refractivity contribution in [3.8, 4) is 5.75 Å². The first-order chi connectivity index (χ1) is 9.97. The van der Waals surface area contributed by atoms with Crippen LogP contribution in [-0.2, 0) is 9.59 Å². The summed E-state index contributed by atoms with van der Waals surface area (Å²) in [6, 6.07) is 4.21. The summed E-state index contributed by atoms with van der Waals surface area (Å²) in [6.07, 6.45) is 1.08. The molecule has 0 aliphatic heterocycles. The lowest BCUT2D eigenvalue weighted by atomic mass is 10.2. The number of benzene rings is 1. The first-order valence-corrected chi connectivity index (χ1v) is 6.45. The molecule has 0 unspecified atom stereocenters. The molecule has 0 aromatic heterocycles. The van der Waals surface area contributed by atoms with Gasteiger partial charge >= 0.3 is 5.97 Å². The van der Waals surface area contributed by atoms with Gasteiger partial charge in [0.1, 0.15) is 11.3 Å². The highest BCUT2D eigenvalue weighted by Crippen LogP contribution is 2.23. The molecule has 1 aromatic carbocycles. The van der Waals surface area contributed by atoms with Crippen molar-refractivity contribution in [2.75, 3.05) is 19.0 Å². The highest BCUT2D eigenvalue weighted by molar-refractivity contribution is 5.96. The number of amides is 2. The molecule has 0 aliphatic rings. The van der Waals surface area contributed by atoms with E-state index in [2.05, 4.69) is 10.6 Å². The number of hydrogen-bond acceptors (Lipinski definition) is 4. The van der Waals surface area contributed by atoms with Gasteiger partial charge in [0.2, 0.25) is 11.8 Å². The van der Waals surface area contributed by atoms with Crippen LogP contribution in [0.4, 0.5) is 5.69 Å². The smallest absolute Gasteiger partial charge is 0.339 e. The predicted molar refractivity (Wildman–Crippen MR) is 76.5 cm³/mol. The van der Waals surface area contributed by atoms with E-state index in [0.29, 0.717) is 18.5 Å². The molecule has 0 saturated heterocycles. The average molecular weight is 294 g/mol. The second-order valence-electron chi connectivity index (χ2n) is 4.30. The molecule has 114 valence electrons. The van der Waals surface area contributed by atoms with Gasteiger partial charge in [-0.05, 0) is 18.6 Å².